The van der Waals surface area contributed by atoms with E-state index in [2.05, 4.69) is 10.6 Å². The molecule has 0 radical (unpaired) electrons. The summed E-state index contributed by atoms with van der Waals surface area (Å²) >= 11 is 1.55. The number of aryl methyl sites for hydroxylation is 1. The number of benzene rings is 1. The van der Waals surface area contributed by atoms with E-state index in [-0.39, 0.29) is 18.2 Å². The highest BCUT2D eigenvalue weighted by Gasteiger charge is 2.26. The van der Waals surface area contributed by atoms with Crippen molar-refractivity contribution < 1.29 is 14.3 Å². The Balaban J connectivity index is 1.78. The number of methoxy groups -OCH3 is 1. The Kier molecular flexibility index (Phi) is 5.93. The minimum atomic E-state index is -0.112. The predicted octanol–water partition coefficient (Wildman–Crippen LogP) is 3.57. The number of amides is 2. The van der Waals surface area contributed by atoms with Gasteiger partial charge in [0.25, 0.3) is 5.91 Å². The van der Waals surface area contributed by atoms with Crippen LogP contribution in [-0.2, 0) is 24.1 Å². The maximum atomic E-state index is 12.5. The minimum absolute atomic E-state index is 0.0911. The van der Waals surface area contributed by atoms with Crippen LogP contribution in [0.3, 0.4) is 0 Å². The number of hydrogen-bond acceptors (Lipinski definition) is 4. The van der Waals surface area contributed by atoms with Crippen molar-refractivity contribution in [2.24, 2.45) is 0 Å². The highest BCUT2D eigenvalue weighted by Crippen LogP contribution is 2.38. The van der Waals surface area contributed by atoms with Gasteiger partial charge in [0.05, 0.1) is 19.1 Å². The summed E-state index contributed by atoms with van der Waals surface area (Å²) < 4.78 is 5.14. The van der Waals surface area contributed by atoms with Crippen molar-refractivity contribution in [2.45, 2.75) is 39.0 Å². The first-order valence-electron chi connectivity index (χ1n) is 8.98. The van der Waals surface area contributed by atoms with Gasteiger partial charge < -0.3 is 15.4 Å². The van der Waals surface area contributed by atoms with Crippen LogP contribution < -0.4 is 15.4 Å². The molecule has 0 fully saturated rings. The van der Waals surface area contributed by atoms with Crippen LogP contribution in [0.2, 0.25) is 0 Å². The van der Waals surface area contributed by atoms with E-state index >= 15 is 0 Å². The summed E-state index contributed by atoms with van der Waals surface area (Å²) in [6.07, 6.45) is 4.39. The molecule has 1 aromatic heterocycles. The number of thiophene rings is 1. The Morgan fingerprint density at radius 1 is 1.15 bits per heavy atom. The molecule has 138 valence electrons. The summed E-state index contributed by atoms with van der Waals surface area (Å²) in [5.74, 6) is 0.560. The molecule has 1 aliphatic carbocycles. The van der Waals surface area contributed by atoms with Crippen LogP contribution in [0.5, 0.6) is 5.75 Å². The summed E-state index contributed by atoms with van der Waals surface area (Å²) in [5.41, 5.74) is 2.69. The van der Waals surface area contributed by atoms with Crippen LogP contribution in [0, 0.1) is 0 Å². The van der Waals surface area contributed by atoms with E-state index in [0.717, 1.165) is 42.6 Å². The predicted molar refractivity (Wildman–Crippen MR) is 104 cm³/mol. The fourth-order valence-corrected chi connectivity index (χ4v) is 4.55. The molecular weight excluding hydrogens is 348 g/mol. The second-order valence-electron chi connectivity index (χ2n) is 6.35. The van der Waals surface area contributed by atoms with Crippen molar-refractivity contribution in [3.8, 4) is 5.75 Å². The lowest BCUT2D eigenvalue weighted by molar-refractivity contribution is -0.115. The Morgan fingerprint density at radius 2 is 1.88 bits per heavy atom. The zero-order valence-electron chi connectivity index (χ0n) is 15.2. The number of carbonyl (C=O) groups is 2. The number of ether oxygens (including phenoxy) is 1. The van der Waals surface area contributed by atoms with Crippen LogP contribution in [0.4, 0.5) is 5.00 Å². The Bertz CT molecular complexity index is 796. The van der Waals surface area contributed by atoms with Gasteiger partial charge in [0.2, 0.25) is 5.91 Å². The van der Waals surface area contributed by atoms with E-state index in [1.54, 1.807) is 18.4 Å². The molecule has 0 unspecified atom stereocenters. The second kappa shape index (κ2) is 8.36. The molecule has 0 spiro atoms. The summed E-state index contributed by atoms with van der Waals surface area (Å²) in [7, 11) is 1.61. The molecule has 0 saturated heterocycles. The van der Waals surface area contributed by atoms with Crippen LogP contribution in [0.1, 0.15) is 46.1 Å². The maximum Gasteiger partial charge on any atom is 0.254 e. The van der Waals surface area contributed by atoms with E-state index in [9.17, 15) is 9.59 Å². The molecule has 6 heteroatoms. The topological polar surface area (TPSA) is 67.4 Å². The lowest BCUT2D eigenvalue weighted by atomic mass is 9.95. The molecule has 3 rings (SSSR count). The van der Waals surface area contributed by atoms with Crippen molar-refractivity contribution in [2.75, 3.05) is 19.0 Å². The number of hydrogen-bond donors (Lipinski definition) is 2. The largest absolute Gasteiger partial charge is 0.497 e. The number of fused-ring (bicyclic) bond motifs is 1. The van der Waals surface area contributed by atoms with Gasteiger partial charge in [-0.25, -0.2) is 0 Å². The average molecular weight is 372 g/mol. The second-order valence-corrected chi connectivity index (χ2v) is 7.45. The fraction of sp³-hybridized carbons (Fsp3) is 0.400. The lowest BCUT2D eigenvalue weighted by Crippen LogP contribution is -2.25. The third kappa shape index (κ3) is 4.07. The van der Waals surface area contributed by atoms with Gasteiger partial charge in [0, 0.05) is 11.4 Å². The molecule has 2 N–H and O–H groups in total. The minimum Gasteiger partial charge on any atom is -0.497 e. The monoisotopic (exact) mass is 372 g/mol. The molecule has 1 aliphatic rings. The van der Waals surface area contributed by atoms with E-state index in [4.69, 9.17) is 4.74 Å². The van der Waals surface area contributed by atoms with Gasteiger partial charge in [-0.2, -0.15) is 0 Å². The van der Waals surface area contributed by atoms with E-state index in [0.29, 0.717) is 17.1 Å². The standard InChI is InChI=1S/C20H24N2O3S/c1-3-21-19(24)18-15-6-4-5-7-16(15)26-20(18)22-17(23)12-13-8-10-14(25-2)11-9-13/h8-11H,3-7,12H2,1-2H3,(H,21,24)(H,22,23). The molecule has 1 aromatic carbocycles. The third-order valence-corrected chi connectivity index (χ3v) is 5.72. The Morgan fingerprint density at radius 3 is 2.58 bits per heavy atom. The molecule has 2 aromatic rings. The van der Waals surface area contributed by atoms with Crippen LogP contribution >= 0.6 is 11.3 Å². The van der Waals surface area contributed by atoms with E-state index in [1.807, 2.05) is 31.2 Å². The van der Waals surface area contributed by atoms with Crippen molar-refractivity contribution in [3.05, 3.63) is 45.8 Å². The van der Waals surface area contributed by atoms with Gasteiger partial charge in [0.15, 0.2) is 0 Å². The molecule has 2 amide bonds. The number of carbonyl (C=O) groups excluding carboxylic acids is 2. The first kappa shape index (κ1) is 18.5. The molecule has 5 nitrogen and oxygen atoms in total. The number of anilines is 1. The third-order valence-electron chi connectivity index (χ3n) is 4.51. The van der Waals surface area contributed by atoms with Crippen LogP contribution in [0.15, 0.2) is 24.3 Å². The first-order chi connectivity index (χ1) is 12.6. The summed E-state index contributed by atoms with van der Waals surface area (Å²) in [4.78, 5) is 26.3. The maximum absolute atomic E-state index is 12.5. The van der Waals surface area contributed by atoms with Gasteiger partial charge >= 0.3 is 0 Å². The molecule has 0 aliphatic heterocycles. The van der Waals surface area contributed by atoms with Crippen molar-refractivity contribution in [1.29, 1.82) is 0 Å². The quantitative estimate of drug-likeness (QED) is 0.815. The zero-order chi connectivity index (χ0) is 18.5. The van der Waals surface area contributed by atoms with Crippen molar-refractivity contribution in [3.63, 3.8) is 0 Å². The highest BCUT2D eigenvalue weighted by molar-refractivity contribution is 7.17. The SMILES string of the molecule is CCNC(=O)c1c(NC(=O)Cc2ccc(OC)cc2)sc2c1CCCC2. The molecule has 0 saturated carbocycles. The van der Waals surface area contributed by atoms with Gasteiger partial charge in [-0.15, -0.1) is 11.3 Å². The molecule has 1 heterocycles. The van der Waals surface area contributed by atoms with Gasteiger partial charge in [-0.05, 0) is 55.9 Å². The van der Waals surface area contributed by atoms with Crippen LogP contribution in [0.25, 0.3) is 0 Å². The van der Waals surface area contributed by atoms with Crippen molar-refractivity contribution >= 4 is 28.2 Å². The number of nitrogens with one attached hydrogen (secondary N) is 2. The fourth-order valence-electron chi connectivity index (χ4n) is 3.24. The Labute approximate surface area is 157 Å². The summed E-state index contributed by atoms with van der Waals surface area (Å²) in [6, 6.07) is 7.43. The molecular formula is C20H24N2O3S. The lowest BCUT2D eigenvalue weighted by Gasteiger charge is -2.12. The summed E-state index contributed by atoms with van der Waals surface area (Å²) in [6.45, 7) is 2.47. The smallest absolute Gasteiger partial charge is 0.254 e. The normalized spacial score (nSPS) is 13.0. The first-order valence-corrected chi connectivity index (χ1v) is 9.79. The number of rotatable bonds is 6. The highest BCUT2D eigenvalue weighted by atomic mass is 32.1. The van der Waals surface area contributed by atoms with Gasteiger partial charge in [-0.3, -0.25) is 9.59 Å². The van der Waals surface area contributed by atoms with Crippen molar-refractivity contribution in [1.82, 2.24) is 5.32 Å². The van der Waals surface area contributed by atoms with E-state index < -0.39 is 0 Å². The summed E-state index contributed by atoms with van der Waals surface area (Å²) in [5, 5.41) is 6.53. The Hall–Kier alpha value is -2.34. The molecule has 0 bridgehead atoms. The van der Waals surface area contributed by atoms with Gasteiger partial charge in [-0.1, -0.05) is 12.1 Å². The molecule has 0 atom stereocenters. The van der Waals surface area contributed by atoms with Crippen LogP contribution in [-0.4, -0.2) is 25.5 Å². The average Bonchev–Trinajstić information content (AvgIpc) is 3.00. The van der Waals surface area contributed by atoms with Gasteiger partial charge in [0.1, 0.15) is 10.8 Å². The molecule has 26 heavy (non-hydrogen) atoms. The zero-order valence-corrected chi connectivity index (χ0v) is 16.0. The van der Waals surface area contributed by atoms with E-state index in [1.165, 1.54) is 4.88 Å².